The number of hydrogen-bond acceptors (Lipinski definition) is 4. The molecular formula is C8H6F3NO3. The van der Waals surface area contributed by atoms with Crippen molar-refractivity contribution in [2.45, 2.75) is 12.5 Å². The topological polar surface area (TPSA) is 70.4 Å². The van der Waals surface area contributed by atoms with Gasteiger partial charge in [0.1, 0.15) is 5.69 Å². The number of ketones is 1. The molecule has 0 saturated heterocycles. The second-order valence-corrected chi connectivity index (χ2v) is 2.67. The van der Waals surface area contributed by atoms with Crippen molar-refractivity contribution in [3.05, 3.63) is 29.6 Å². The number of Topliss-reactive ketones (excluding diaryl/α,β-unsaturated/α-hetero) is 1. The molecule has 1 aromatic heterocycles. The number of aliphatic hydroxyl groups excluding tert-OH is 1. The number of halogens is 3. The second-order valence-electron chi connectivity index (χ2n) is 2.67. The van der Waals surface area contributed by atoms with Crippen LogP contribution in [0.3, 0.4) is 0 Å². The Morgan fingerprint density at radius 2 is 1.93 bits per heavy atom. The molecule has 7 heteroatoms. The summed E-state index contributed by atoms with van der Waals surface area (Å²) < 4.78 is 36.2. The van der Waals surface area contributed by atoms with Crippen molar-refractivity contribution in [3.8, 4) is 0 Å². The molecule has 2 N–H and O–H groups in total. The van der Waals surface area contributed by atoms with E-state index >= 15 is 0 Å². The molecule has 82 valence electrons. The summed E-state index contributed by atoms with van der Waals surface area (Å²) in [6.07, 6.45) is -6.35. The SMILES string of the molecule is O=C(c1ccc(C(F)(F)F)cn1)C(O)O. The molecule has 1 aromatic rings. The van der Waals surface area contributed by atoms with Crippen LogP contribution < -0.4 is 0 Å². The van der Waals surface area contributed by atoms with Gasteiger partial charge in [-0.2, -0.15) is 13.2 Å². The highest BCUT2D eigenvalue weighted by molar-refractivity contribution is 5.96. The van der Waals surface area contributed by atoms with Crippen LogP contribution in [0.4, 0.5) is 13.2 Å². The van der Waals surface area contributed by atoms with Gasteiger partial charge < -0.3 is 10.2 Å². The van der Waals surface area contributed by atoms with Gasteiger partial charge >= 0.3 is 6.18 Å². The molecule has 15 heavy (non-hydrogen) atoms. The van der Waals surface area contributed by atoms with Crippen molar-refractivity contribution in [1.29, 1.82) is 0 Å². The Balaban J connectivity index is 2.96. The molecule has 0 saturated carbocycles. The zero-order chi connectivity index (χ0) is 11.6. The van der Waals surface area contributed by atoms with Gasteiger partial charge in [0.2, 0.25) is 12.1 Å². The first-order chi connectivity index (χ1) is 6.82. The van der Waals surface area contributed by atoms with E-state index in [0.717, 1.165) is 6.07 Å². The van der Waals surface area contributed by atoms with Gasteiger partial charge in [-0.3, -0.25) is 9.78 Å². The minimum Gasteiger partial charge on any atom is -0.362 e. The predicted molar refractivity (Wildman–Crippen MR) is 41.8 cm³/mol. The first kappa shape index (κ1) is 11.6. The minimum absolute atomic E-state index is 0.432. The molecule has 0 aliphatic carbocycles. The van der Waals surface area contributed by atoms with Crippen LogP contribution in [0, 0.1) is 0 Å². The molecule has 0 aliphatic rings. The summed E-state index contributed by atoms with van der Waals surface area (Å²) in [7, 11) is 0. The fraction of sp³-hybridized carbons (Fsp3) is 0.250. The van der Waals surface area contributed by atoms with Crippen molar-refractivity contribution in [2.24, 2.45) is 0 Å². The first-order valence-corrected chi connectivity index (χ1v) is 3.76. The van der Waals surface area contributed by atoms with Crippen LogP contribution in [0.5, 0.6) is 0 Å². The van der Waals surface area contributed by atoms with Crippen molar-refractivity contribution in [2.75, 3.05) is 0 Å². The van der Waals surface area contributed by atoms with Gasteiger partial charge in [0.25, 0.3) is 0 Å². The number of nitrogens with zero attached hydrogens (tertiary/aromatic N) is 1. The largest absolute Gasteiger partial charge is 0.417 e. The first-order valence-electron chi connectivity index (χ1n) is 3.76. The third-order valence-corrected chi connectivity index (χ3v) is 1.58. The molecular weight excluding hydrogens is 215 g/mol. The van der Waals surface area contributed by atoms with Gasteiger partial charge in [-0.15, -0.1) is 0 Å². The highest BCUT2D eigenvalue weighted by Crippen LogP contribution is 2.28. The third kappa shape index (κ3) is 2.74. The van der Waals surface area contributed by atoms with Gasteiger partial charge in [-0.05, 0) is 12.1 Å². The van der Waals surface area contributed by atoms with Gasteiger partial charge in [-0.25, -0.2) is 0 Å². The van der Waals surface area contributed by atoms with Crippen LogP contribution in [-0.2, 0) is 6.18 Å². The Bertz CT molecular complexity index is 358. The molecule has 4 nitrogen and oxygen atoms in total. The van der Waals surface area contributed by atoms with Crippen LogP contribution in [0.15, 0.2) is 18.3 Å². The Morgan fingerprint density at radius 1 is 1.33 bits per heavy atom. The zero-order valence-electron chi connectivity index (χ0n) is 7.19. The van der Waals surface area contributed by atoms with Crippen molar-refractivity contribution >= 4 is 5.78 Å². The quantitative estimate of drug-likeness (QED) is 0.566. The fourth-order valence-corrected chi connectivity index (χ4v) is 0.840. The summed E-state index contributed by atoms with van der Waals surface area (Å²) in [6.45, 7) is 0. The van der Waals surface area contributed by atoms with Crippen molar-refractivity contribution in [1.82, 2.24) is 4.98 Å². The van der Waals surface area contributed by atoms with Gasteiger partial charge in [0.15, 0.2) is 0 Å². The number of pyridine rings is 1. The van der Waals surface area contributed by atoms with E-state index in [1.807, 2.05) is 0 Å². The average molecular weight is 221 g/mol. The van der Waals surface area contributed by atoms with E-state index in [4.69, 9.17) is 10.2 Å². The standard InChI is InChI=1S/C8H6F3NO3/c9-8(10,11)4-1-2-5(12-3-4)6(13)7(14)15/h1-3,7,14-15H. The normalized spacial score (nSPS) is 11.9. The van der Waals surface area contributed by atoms with Crippen molar-refractivity contribution < 1.29 is 28.2 Å². The molecule has 0 unspecified atom stereocenters. The number of hydrogen-bond donors (Lipinski definition) is 2. The molecule has 0 aromatic carbocycles. The summed E-state index contributed by atoms with van der Waals surface area (Å²) in [5.74, 6) is -1.15. The maximum absolute atomic E-state index is 12.1. The van der Waals surface area contributed by atoms with E-state index in [2.05, 4.69) is 4.98 Å². The Kier molecular flexibility index (Phi) is 3.06. The lowest BCUT2D eigenvalue weighted by atomic mass is 10.2. The van der Waals surface area contributed by atoms with Crippen LogP contribution in [0.1, 0.15) is 16.1 Å². The third-order valence-electron chi connectivity index (χ3n) is 1.58. The number of aromatic nitrogens is 1. The lowest BCUT2D eigenvalue weighted by Crippen LogP contribution is -2.20. The fourth-order valence-electron chi connectivity index (χ4n) is 0.840. The Labute approximate surface area is 82.0 Å². The molecule has 0 bridgehead atoms. The zero-order valence-corrected chi connectivity index (χ0v) is 7.19. The van der Waals surface area contributed by atoms with Crippen LogP contribution in [0.2, 0.25) is 0 Å². The number of aliphatic hydroxyl groups is 2. The van der Waals surface area contributed by atoms with Crippen LogP contribution >= 0.6 is 0 Å². The maximum Gasteiger partial charge on any atom is 0.417 e. The summed E-state index contributed by atoms with van der Waals surface area (Å²) in [5, 5.41) is 16.9. The maximum atomic E-state index is 12.1. The summed E-state index contributed by atoms with van der Waals surface area (Å²) in [6, 6.07) is 1.42. The molecule has 0 atom stereocenters. The minimum atomic E-state index is -4.54. The Hall–Kier alpha value is -1.47. The van der Waals surface area contributed by atoms with E-state index in [-0.39, 0.29) is 0 Å². The lowest BCUT2D eigenvalue weighted by molar-refractivity contribution is -0.137. The van der Waals surface area contributed by atoms with Crippen LogP contribution in [0.25, 0.3) is 0 Å². The monoisotopic (exact) mass is 221 g/mol. The molecule has 0 amide bonds. The molecule has 0 spiro atoms. The van der Waals surface area contributed by atoms with E-state index in [9.17, 15) is 18.0 Å². The average Bonchev–Trinajstić information content (AvgIpc) is 2.15. The number of carbonyl (C=O) groups excluding carboxylic acids is 1. The molecule has 1 rings (SSSR count). The predicted octanol–water partition coefficient (Wildman–Crippen LogP) is 0.594. The van der Waals surface area contributed by atoms with Gasteiger partial charge in [-0.1, -0.05) is 0 Å². The van der Waals surface area contributed by atoms with E-state index in [0.29, 0.717) is 12.3 Å². The molecule has 0 radical (unpaired) electrons. The molecule has 1 heterocycles. The summed E-state index contributed by atoms with van der Waals surface area (Å²) in [4.78, 5) is 14.0. The second kappa shape index (κ2) is 3.95. The van der Waals surface area contributed by atoms with Crippen molar-refractivity contribution in [3.63, 3.8) is 0 Å². The van der Waals surface area contributed by atoms with E-state index in [1.165, 1.54) is 0 Å². The summed E-state index contributed by atoms with van der Waals surface area (Å²) >= 11 is 0. The summed E-state index contributed by atoms with van der Waals surface area (Å²) in [5.41, 5.74) is -1.44. The molecule has 0 aliphatic heterocycles. The highest BCUT2D eigenvalue weighted by atomic mass is 19.4. The highest BCUT2D eigenvalue weighted by Gasteiger charge is 2.31. The van der Waals surface area contributed by atoms with E-state index in [1.54, 1.807) is 0 Å². The molecule has 0 fully saturated rings. The number of rotatable bonds is 2. The smallest absolute Gasteiger partial charge is 0.362 e. The number of carbonyl (C=O) groups is 1. The van der Waals surface area contributed by atoms with E-state index < -0.39 is 29.5 Å². The van der Waals surface area contributed by atoms with Gasteiger partial charge in [0.05, 0.1) is 5.56 Å². The van der Waals surface area contributed by atoms with Gasteiger partial charge in [0, 0.05) is 6.20 Å². The van der Waals surface area contributed by atoms with Crippen LogP contribution in [-0.4, -0.2) is 27.3 Å². The lowest BCUT2D eigenvalue weighted by Gasteiger charge is -2.06. The number of alkyl halides is 3. The Morgan fingerprint density at radius 3 is 2.27 bits per heavy atom.